The van der Waals surface area contributed by atoms with E-state index in [0.29, 0.717) is 6.54 Å². The van der Waals surface area contributed by atoms with Crippen molar-refractivity contribution in [2.45, 2.75) is 31.1 Å². The molecule has 0 unspecified atom stereocenters. The Kier molecular flexibility index (Phi) is 2.74. The summed E-state index contributed by atoms with van der Waals surface area (Å²) in [5, 5.41) is 0. The van der Waals surface area contributed by atoms with Gasteiger partial charge in [-0.15, -0.1) is 0 Å². The number of fused-ring (bicyclic) bond motifs is 1. The predicted octanol–water partition coefficient (Wildman–Crippen LogP) is 2.34. The van der Waals surface area contributed by atoms with Crippen LogP contribution in [0.4, 0.5) is 0 Å². The predicted molar refractivity (Wildman–Crippen MR) is 71.8 cm³/mol. The maximum atomic E-state index is 5.99. The van der Waals surface area contributed by atoms with E-state index in [4.69, 9.17) is 15.5 Å². The lowest BCUT2D eigenvalue weighted by Gasteiger charge is -2.24. The van der Waals surface area contributed by atoms with Crippen LogP contribution < -0.4 is 10.5 Å². The lowest BCUT2D eigenvalue weighted by molar-refractivity contribution is 0.415. The van der Waals surface area contributed by atoms with E-state index in [2.05, 4.69) is 4.98 Å². The highest BCUT2D eigenvalue weighted by atomic mass is 16.5. The fraction of sp³-hybridized carbons (Fsp3) is 0.500. The average molecular weight is 245 g/mol. The van der Waals surface area contributed by atoms with Crippen molar-refractivity contribution in [3.63, 3.8) is 0 Å². The Morgan fingerprint density at radius 1 is 1.39 bits per heavy atom. The highest BCUT2D eigenvalue weighted by Gasteiger charge is 2.37. The lowest BCUT2D eigenvalue weighted by atomic mass is 9.85. The summed E-state index contributed by atoms with van der Waals surface area (Å²) in [5.41, 5.74) is 8.08. The van der Waals surface area contributed by atoms with Crippen LogP contribution in [0.15, 0.2) is 18.2 Å². The summed E-state index contributed by atoms with van der Waals surface area (Å²) >= 11 is 0. The quantitative estimate of drug-likeness (QED) is 0.872. The van der Waals surface area contributed by atoms with Gasteiger partial charge in [-0.1, -0.05) is 12.8 Å². The molecule has 0 bridgehead atoms. The van der Waals surface area contributed by atoms with E-state index in [-0.39, 0.29) is 5.41 Å². The number of methoxy groups -OCH3 is 1. The molecule has 0 spiro atoms. The molecule has 1 aliphatic rings. The van der Waals surface area contributed by atoms with E-state index in [1.807, 2.05) is 18.2 Å². The van der Waals surface area contributed by atoms with Crippen LogP contribution in [0.5, 0.6) is 5.75 Å². The van der Waals surface area contributed by atoms with Crippen LogP contribution in [0.1, 0.15) is 31.5 Å². The molecule has 1 heterocycles. The van der Waals surface area contributed by atoms with Crippen LogP contribution in [0.2, 0.25) is 0 Å². The number of nitrogens with one attached hydrogen (secondary N) is 1. The Balaban J connectivity index is 2.07. The van der Waals surface area contributed by atoms with Crippen LogP contribution in [0.3, 0.4) is 0 Å². The van der Waals surface area contributed by atoms with Gasteiger partial charge in [0.2, 0.25) is 0 Å². The van der Waals surface area contributed by atoms with Gasteiger partial charge < -0.3 is 15.5 Å². The van der Waals surface area contributed by atoms with Crippen molar-refractivity contribution in [1.29, 1.82) is 0 Å². The summed E-state index contributed by atoms with van der Waals surface area (Å²) < 4.78 is 5.24. The Labute approximate surface area is 107 Å². The van der Waals surface area contributed by atoms with Crippen molar-refractivity contribution >= 4 is 11.0 Å². The van der Waals surface area contributed by atoms with Crippen molar-refractivity contribution in [2.75, 3.05) is 13.7 Å². The number of aromatic amines is 1. The molecule has 0 atom stereocenters. The molecule has 2 aromatic rings. The molecule has 4 heteroatoms. The maximum absolute atomic E-state index is 5.99. The topological polar surface area (TPSA) is 63.9 Å². The minimum absolute atomic E-state index is 0.0618. The minimum Gasteiger partial charge on any atom is -0.497 e. The van der Waals surface area contributed by atoms with E-state index in [1.165, 1.54) is 12.8 Å². The Bertz CT molecular complexity index is 555. The van der Waals surface area contributed by atoms with E-state index in [9.17, 15) is 0 Å². The molecule has 1 aromatic carbocycles. The Morgan fingerprint density at radius 3 is 2.83 bits per heavy atom. The molecule has 1 aliphatic carbocycles. The van der Waals surface area contributed by atoms with Gasteiger partial charge in [0.05, 0.1) is 18.1 Å². The van der Waals surface area contributed by atoms with Gasteiger partial charge in [-0.25, -0.2) is 4.98 Å². The van der Waals surface area contributed by atoms with Crippen LogP contribution >= 0.6 is 0 Å². The molecule has 1 fully saturated rings. The molecule has 0 saturated heterocycles. The summed E-state index contributed by atoms with van der Waals surface area (Å²) in [6, 6.07) is 5.93. The molecule has 0 amide bonds. The standard InChI is InChI=1S/C14H19N3O/c1-18-10-4-5-11-12(8-10)17-13(16-11)14(9-15)6-2-3-7-14/h4-5,8H,2-3,6-7,9,15H2,1H3,(H,16,17). The number of rotatable bonds is 3. The number of H-pyrrole nitrogens is 1. The molecule has 0 aliphatic heterocycles. The molecular formula is C14H19N3O. The molecule has 18 heavy (non-hydrogen) atoms. The largest absolute Gasteiger partial charge is 0.497 e. The third-order valence-corrected chi connectivity index (χ3v) is 4.14. The van der Waals surface area contributed by atoms with E-state index in [0.717, 1.165) is 35.4 Å². The van der Waals surface area contributed by atoms with Gasteiger partial charge in [0.1, 0.15) is 11.6 Å². The second-order valence-electron chi connectivity index (χ2n) is 5.16. The first-order valence-corrected chi connectivity index (χ1v) is 6.52. The van der Waals surface area contributed by atoms with Gasteiger partial charge in [0.25, 0.3) is 0 Å². The zero-order chi connectivity index (χ0) is 12.6. The summed E-state index contributed by atoms with van der Waals surface area (Å²) in [7, 11) is 1.68. The smallest absolute Gasteiger partial charge is 0.121 e. The number of hydrogen-bond acceptors (Lipinski definition) is 3. The fourth-order valence-electron chi connectivity index (χ4n) is 2.96. The van der Waals surface area contributed by atoms with Crippen molar-refractivity contribution in [1.82, 2.24) is 9.97 Å². The average Bonchev–Trinajstić information content (AvgIpc) is 3.04. The highest BCUT2D eigenvalue weighted by Crippen LogP contribution is 2.39. The third-order valence-electron chi connectivity index (χ3n) is 4.14. The molecule has 96 valence electrons. The van der Waals surface area contributed by atoms with E-state index >= 15 is 0 Å². The van der Waals surface area contributed by atoms with Crippen molar-refractivity contribution < 1.29 is 4.74 Å². The first-order valence-electron chi connectivity index (χ1n) is 6.52. The molecule has 1 aromatic heterocycles. The molecular weight excluding hydrogens is 226 g/mol. The van der Waals surface area contributed by atoms with Crippen molar-refractivity contribution in [2.24, 2.45) is 5.73 Å². The lowest BCUT2D eigenvalue weighted by Crippen LogP contribution is -2.33. The normalized spacial score (nSPS) is 18.3. The van der Waals surface area contributed by atoms with Crippen LogP contribution in [-0.2, 0) is 5.41 Å². The van der Waals surface area contributed by atoms with Gasteiger partial charge in [-0.3, -0.25) is 0 Å². The van der Waals surface area contributed by atoms with Gasteiger partial charge in [0, 0.05) is 18.0 Å². The zero-order valence-corrected chi connectivity index (χ0v) is 10.7. The number of nitrogens with zero attached hydrogens (tertiary/aromatic N) is 1. The van der Waals surface area contributed by atoms with Gasteiger partial charge >= 0.3 is 0 Å². The molecule has 0 radical (unpaired) electrons. The third kappa shape index (κ3) is 1.68. The Morgan fingerprint density at radius 2 is 2.17 bits per heavy atom. The molecule has 3 rings (SSSR count). The molecule has 3 N–H and O–H groups in total. The monoisotopic (exact) mass is 245 g/mol. The molecule has 4 nitrogen and oxygen atoms in total. The van der Waals surface area contributed by atoms with E-state index < -0.39 is 0 Å². The number of hydrogen-bond donors (Lipinski definition) is 2. The highest BCUT2D eigenvalue weighted by molar-refractivity contribution is 5.77. The first-order chi connectivity index (χ1) is 8.77. The Hall–Kier alpha value is -1.55. The van der Waals surface area contributed by atoms with Gasteiger partial charge in [-0.2, -0.15) is 0 Å². The number of aromatic nitrogens is 2. The molecule has 1 saturated carbocycles. The van der Waals surface area contributed by atoms with E-state index in [1.54, 1.807) is 7.11 Å². The summed E-state index contributed by atoms with van der Waals surface area (Å²) in [5.74, 6) is 1.90. The van der Waals surface area contributed by atoms with Gasteiger partial charge in [-0.05, 0) is 25.0 Å². The minimum atomic E-state index is 0.0618. The zero-order valence-electron chi connectivity index (χ0n) is 10.7. The van der Waals surface area contributed by atoms with Crippen molar-refractivity contribution in [3.8, 4) is 5.75 Å². The fourth-order valence-corrected chi connectivity index (χ4v) is 2.96. The summed E-state index contributed by atoms with van der Waals surface area (Å²) in [6.07, 6.45) is 4.77. The first kappa shape index (κ1) is 11.5. The maximum Gasteiger partial charge on any atom is 0.121 e. The van der Waals surface area contributed by atoms with Gasteiger partial charge in [0.15, 0.2) is 0 Å². The second kappa shape index (κ2) is 4.28. The SMILES string of the molecule is COc1ccc2nc(C3(CN)CCCC3)[nH]c2c1. The van der Waals surface area contributed by atoms with Crippen molar-refractivity contribution in [3.05, 3.63) is 24.0 Å². The second-order valence-corrected chi connectivity index (χ2v) is 5.16. The van der Waals surface area contributed by atoms with Crippen LogP contribution in [-0.4, -0.2) is 23.6 Å². The summed E-state index contributed by atoms with van der Waals surface area (Å²) in [4.78, 5) is 8.15. The number of benzene rings is 1. The van der Waals surface area contributed by atoms with Crippen LogP contribution in [0.25, 0.3) is 11.0 Å². The number of nitrogens with two attached hydrogens (primary N) is 1. The van der Waals surface area contributed by atoms with Crippen LogP contribution in [0, 0.1) is 0 Å². The summed E-state index contributed by atoms with van der Waals surface area (Å²) in [6.45, 7) is 0.671. The number of ether oxygens (including phenoxy) is 1. The number of imidazole rings is 1.